The van der Waals surface area contributed by atoms with E-state index in [4.69, 9.17) is 0 Å². The van der Waals surface area contributed by atoms with E-state index in [-0.39, 0.29) is 17.6 Å². The van der Waals surface area contributed by atoms with Crippen LogP contribution in [0.3, 0.4) is 0 Å². The highest BCUT2D eigenvalue weighted by Crippen LogP contribution is 2.09. The lowest BCUT2D eigenvalue weighted by Crippen LogP contribution is -2.51. The molecule has 25 heavy (non-hydrogen) atoms. The standard InChI is InChI=1S/C18H27FN4O2/c1-3-23(4-2)18(25)14-22-11-9-21(10-12-22)13-17(24)20-16-7-5-15(19)6-8-16/h5-8H,3-4,9-14H2,1-2H3,(H,20,24). The first kappa shape index (κ1) is 19.3. The molecule has 0 aliphatic carbocycles. The molecule has 0 radical (unpaired) electrons. The Morgan fingerprint density at radius 1 is 1.00 bits per heavy atom. The van der Waals surface area contributed by atoms with Gasteiger partial charge in [-0.3, -0.25) is 19.4 Å². The summed E-state index contributed by atoms with van der Waals surface area (Å²) in [4.78, 5) is 30.2. The second-order valence-electron chi connectivity index (χ2n) is 6.17. The summed E-state index contributed by atoms with van der Waals surface area (Å²) in [5.41, 5.74) is 0.592. The van der Waals surface area contributed by atoms with Crippen molar-refractivity contribution < 1.29 is 14.0 Å². The number of amides is 2. The number of piperazine rings is 1. The molecule has 2 rings (SSSR count). The summed E-state index contributed by atoms with van der Waals surface area (Å²) < 4.78 is 12.9. The van der Waals surface area contributed by atoms with Crippen molar-refractivity contribution in [2.75, 3.05) is 57.7 Å². The number of likely N-dealkylation sites (N-methyl/N-ethyl adjacent to an activating group) is 1. The molecule has 1 aliphatic rings. The van der Waals surface area contributed by atoms with Crippen LogP contribution < -0.4 is 5.32 Å². The summed E-state index contributed by atoms with van der Waals surface area (Å²) in [5.74, 6) is -0.278. The fourth-order valence-corrected chi connectivity index (χ4v) is 2.91. The van der Waals surface area contributed by atoms with E-state index >= 15 is 0 Å². The lowest BCUT2D eigenvalue weighted by atomic mass is 10.3. The number of benzene rings is 1. The summed E-state index contributed by atoms with van der Waals surface area (Å²) in [6.45, 7) is 9.24. The largest absolute Gasteiger partial charge is 0.342 e. The minimum Gasteiger partial charge on any atom is -0.342 e. The minimum absolute atomic E-state index is 0.112. The third-order valence-corrected chi connectivity index (χ3v) is 4.44. The molecule has 2 amide bonds. The van der Waals surface area contributed by atoms with Gasteiger partial charge in [0.05, 0.1) is 13.1 Å². The Hall–Kier alpha value is -1.99. The van der Waals surface area contributed by atoms with Gasteiger partial charge >= 0.3 is 0 Å². The van der Waals surface area contributed by atoms with Gasteiger partial charge in [-0.15, -0.1) is 0 Å². The molecule has 1 saturated heterocycles. The van der Waals surface area contributed by atoms with Gasteiger partial charge in [0.25, 0.3) is 0 Å². The van der Waals surface area contributed by atoms with Crippen molar-refractivity contribution in [1.29, 1.82) is 0 Å². The molecule has 1 aliphatic heterocycles. The number of nitrogens with one attached hydrogen (secondary N) is 1. The Morgan fingerprint density at radius 3 is 2.04 bits per heavy atom. The first-order valence-corrected chi connectivity index (χ1v) is 8.79. The average molecular weight is 350 g/mol. The number of carbonyl (C=O) groups is 2. The molecule has 0 saturated carbocycles. The SMILES string of the molecule is CCN(CC)C(=O)CN1CCN(CC(=O)Nc2ccc(F)cc2)CC1. The number of nitrogens with zero attached hydrogens (tertiary/aromatic N) is 3. The maximum Gasteiger partial charge on any atom is 0.238 e. The van der Waals surface area contributed by atoms with E-state index in [2.05, 4.69) is 15.1 Å². The van der Waals surface area contributed by atoms with Gasteiger partial charge < -0.3 is 10.2 Å². The second kappa shape index (κ2) is 9.48. The molecule has 7 heteroatoms. The Balaban J connectivity index is 1.72. The van der Waals surface area contributed by atoms with E-state index in [1.54, 1.807) is 12.1 Å². The van der Waals surface area contributed by atoms with Gasteiger partial charge in [0.15, 0.2) is 0 Å². The number of halogens is 1. The minimum atomic E-state index is -0.326. The summed E-state index contributed by atoms with van der Waals surface area (Å²) in [6, 6.07) is 5.73. The van der Waals surface area contributed by atoms with E-state index in [0.29, 0.717) is 18.8 Å². The van der Waals surface area contributed by atoms with Crippen LogP contribution in [0.5, 0.6) is 0 Å². The number of hydrogen-bond acceptors (Lipinski definition) is 4. The van der Waals surface area contributed by atoms with Crippen LogP contribution in [0.15, 0.2) is 24.3 Å². The Kier molecular flexibility index (Phi) is 7.33. The summed E-state index contributed by atoms with van der Waals surface area (Å²) >= 11 is 0. The fraction of sp³-hybridized carbons (Fsp3) is 0.556. The van der Waals surface area contributed by atoms with Crippen molar-refractivity contribution in [2.45, 2.75) is 13.8 Å². The van der Waals surface area contributed by atoms with E-state index in [9.17, 15) is 14.0 Å². The van der Waals surface area contributed by atoms with Crippen molar-refractivity contribution in [1.82, 2.24) is 14.7 Å². The molecule has 1 heterocycles. The molecule has 1 fully saturated rings. The molecule has 1 aromatic carbocycles. The van der Waals surface area contributed by atoms with Crippen LogP contribution in [0.4, 0.5) is 10.1 Å². The molecule has 0 bridgehead atoms. The Morgan fingerprint density at radius 2 is 1.52 bits per heavy atom. The molecule has 6 nitrogen and oxygen atoms in total. The monoisotopic (exact) mass is 350 g/mol. The van der Waals surface area contributed by atoms with E-state index in [0.717, 1.165) is 39.3 Å². The average Bonchev–Trinajstić information content (AvgIpc) is 2.60. The van der Waals surface area contributed by atoms with Crippen molar-refractivity contribution in [3.8, 4) is 0 Å². The summed E-state index contributed by atoms with van der Waals surface area (Å²) in [5, 5.41) is 2.77. The zero-order valence-electron chi connectivity index (χ0n) is 15.0. The number of carbonyl (C=O) groups excluding carboxylic acids is 2. The van der Waals surface area contributed by atoms with Crippen LogP contribution in [-0.2, 0) is 9.59 Å². The lowest BCUT2D eigenvalue weighted by molar-refractivity contribution is -0.132. The van der Waals surface area contributed by atoms with Crippen LogP contribution in [-0.4, -0.2) is 78.9 Å². The van der Waals surface area contributed by atoms with E-state index in [1.807, 2.05) is 18.7 Å². The molecule has 0 aromatic heterocycles. The molecule has 138 valence electrons. The molecular formula is C18H27FN4O2. The van der Waals surface area contributed by atoms with Crippen molar-refractivity contribution in [3.05, 3.63) is 30.1 Å². The molecule has 1 N–H and O–H groups in total. The summed E-state index contributed by atoms with van der Waals surface area (Å²) in [6.07, 6.45) is 0. The first-order valence-electron chi connectivity index (χ1n) is 8.79. The highest BCUT2D eigenvalue weighted by Gasteiger charge is 2.22. The van der Waals surface area contributed by atoms with Gasteiger partial charge in [-0.05, 0) is 38.1 Å². The zero-order valence-corrected chi connectivity index (χ0v) is 15.0. The number of rotatable bonds is 7. The maximum absolute atomic E-state index is 12.9. The highest BCUT2D eigenvalue weighted by atomic mass is 19.1. The zero-order chi connectivity index (χ0) is 18.2. The van der Waals surface area contributed by atoms with Crippen LogP contribution in [0.25, 0.3) is 0 Å². The normalized spacial score (nSPS) is 15.8. The van der Waals surface area contributed by atoms with Crippen molar-refractivity contribution >= 4 is 17.5 Å². The molecule has 0 spiro atoms. The van der Waals surface area contributed by atoms with Crippen LogP contribution in [0, 0.1) is 5.82 Å². The first-order chi connectivity index (χ1) is 12.0. The van der Waals surface area contributed by atoms with Gasteiger partial charge in [-0.1, -0.05) is 0 Å². The summed E-state index contributed by atoms with van der Waals surface area (Å²) in [7, 11) is 0. The fourth-order valence-electron chi connectivity index (χ4n) is 2.91. The van der Waals surface area contributed by atoms with Gasteiger partial charge in [-0.2, -0.15) is 0 Å². The number of anilines is 1. The van der Waals surface area contributed by atoms with Gasteiger partial charge in [0.1, 0.15) is 5.82 Å². The Labute approximate surface area is 148 Å². The predicted molar refractivity (Wildman–Crippen MR) is 95.8 cm³/mol. The predicted octanol–water partition coefficient (Wildman–Crippen LogP) is 1.25. The maximum atomic E-state index is 12.9. The van der Waals surface area contributed by atoms with Crippen LogP contribution in [0.1, 0.15) is 13.8 Å². The highest BCUT2D eigenvalue weighted by molar-refractivity contribution is 5.92. The van der Waals surface area contributed by atoms with Crippen LogP contribution in [0.2, 0.25) is 0 Å². The van der Waals surface area contributed by atoms with Crippen LogP contribution >= 0.6 is 0 Å². The van der Waals surface area contributed by atoms with Gasteiger partial charge in [-0.25, -0.2) is 4.39 Å². The quantitative estimate of drug-likeness (QED) is 0.804. The van der Waals surface area contributed by atoms with Crippen molar-refractivity contribution in [3.63, 3.8) is 0 Å². The van der Waals surface area contributed by atoms with Crippen molar-refractivity contribution in [2.24, 2.45) is 0 Å². The number of hydrogen-bond donors (Lipinski definition) is 1. The second-order valence-corrected chi connectivity index (χ2v) is 6.17. The smallest absolute Gasteiger partial charge is 0.238 e. The molecule has 1 aromatic rings. The van der Waals surface area contributed by atoms with Gasteiger partial charge in [0, 0.05) is 45.0 Å². The Bertz CT molecular complexity index is 567. The van der Waals surface area contributed by atoms with E-state index in [1.165, 1.54) is 12.1 Å². The third kappa shape index (κ3) is 6.10. The van der Waals surface area contributed by atoms with Gasteiger partial charge in [0.2, 0.25) is 11.8 Å². The lowest BCUT2D eigenvalue weighted by Gasteiger charge is -2.34. The molecule has 0 unspecified atom stereocenters. The molecule has 0 atom stereocenters. The van der Waals surface area contributed by atoms with E-state index < -0.39 is 0 Å². The molecular weight excluding hydrogens is 323 g/mol. The topological polar surface area (TPSA) is 55.9 Å². The third-order valence-electron chi connectivity index (χ3n) is 4.44.